The molecule has 2 aromatic heterocycles. The third-order valence-corrected chi connectivity index (χ3v) is 3.73. The van der Waals surface area contributed by atoms with E-state index in [1.807, 2.05) is 5.38 Å². The summed E-state index contributed by atoms with van der Waals surface area (Å²) in [4.78, 5) is 12.3. The number of nitrogens with one attached hydrogen (secondary N) is 1. The van der Waals surface area contributed by atoms with Crippen LogP contribution >= 0.6 is 11.3 Å². The maximum Gasteiger partial charge on any atom is 0.281 e. The van der Waals surface area contributed by atoms with E-state index in [0.29, 0.717) is 16.4 Å². The summed E-state index contributed by atoms with van der Waals surface area (Å²) in [6.07, 6.45) is 1.42. The number of carbonyl (C=O) groups excluding carboxylic acids is 1. The molecule has 0 unspecified atom stereocenters. The van der Waals surface area contributed by atoms with Crippen molar-refractivity contribution in [2.75, 3.05) is 0 Å². The zero-order valence-electron chi connectivity index (χ0n) is 11.3. The van der Waals surface area contributed by atoms with Crippen molar-refractivity contribution in [3.8, 4) is 11.3 Å². The molecular formula is C16H11FN2O2S. The van der Waals surface area contributed by atoms with Crippen LogP contribution in [0, 0.1) is 5.82 Å². The van der Waals surface area contributed by atoms with E-state index in [0.717, 1.165) is 5.56 Å². The van der Waals surface area contributed by atoms with Crippen molar-refractivity contribution in [3.63, 3.8) is 0 Å². The second-order valence-electron chi connectivity index (χ2n) is 4.39. The van der Waals surface area contributed by atoms with Gasteiger partial charge in [-0.25, -0.2) is 9.82 Å². The lowest BCUT2D eigenvalue weighted by Gasteiger charge is -1.96. The predicted molar refractivity (Wildman–Crippen MR) is 83.5 cm³/mol. The lowest BCUT2D eigenvalue weighted by Crippen LogP contribution is -2.15. The van der Waals surface area contributed by atoms with Crippen molar-refractivity contribution < 1.29 is 13.6 Å². The number of furan rings is 1. The van der Waals surface area contributed by atoms with Crippen LogP contribution in [0.5, 0.6) is 0 Å². The fourth-order valence-corrected chi connectivity index (χ4v) is 2.42. The molecule has 0 atom stereocenters. The number of halogens is 1. The molecule has 3 aromatic rings. The van der Waals surface area contributed by atoms with Gasteiger partial charge in [0.2, 0.25) is 0 Å². The monoisotopic (exact) mass is 314 g/mol. The fourth-order valence-electron chi connectivity index (χ4n) is 1.81. The van der Waals surface area contributed by atoms with Crippen molar-refractivity contribution in [3.05, 3.63) is 70.4 Å². The van der Waals surface area contributed by atoms with Crippen LogP contribution < -0.4 is 5.43 Å². The largest absolute Gasteiger partial charge is 0.455 e. The summed E-state index contributed by atoms with van der Waals surface area (Å²) in [5.41, 5.74) is 3.19. The highest BCUT2D eigenvalue weighted by atomic mass is 32.1. The Morgan fingerprint density at radius 3 is 2.73 bits per heavy atom. The molecule has 4 nitrogen and oxygen atoms in total. The topological polar surface area (TPSA) is 54.6 Å². The Kier molecular flexibility index (Phi) is 4.11. The highest BCUT2D eigenvalue weighted by molar-refractivity contribution is 7.12. The SMILES string of the molecule is O=C(N/N=C\c1ccc(-c2ccc(F)cc2)o1)c1cccs1. The zero-order chi connectivity index (χ0) is 15.4. The number of rotatable bonds is 4. The van der Waals surface area contributed by atoms with Gasteiger partial charge in [-0.15, -0.1) is 11.3 Å². The van der Waals surface area contributed by atoms with Gasteiger partial charge in [-0.1, -0.05) is 6.07 Å². The van der Waals surface area contributed by atoms with Gasteiger partial charge in [0.25, 0.3) is 5.91 Å². The van der Waals surface area contributed by atoms with Gasteiger partial charge >= 0.3 is 0 Å². The molecule has 0 aliphatic carbocycles. The number of thiophene rings is 1. The van der Waals surface area contributed by atoms with Crippen molar-refractivity contribution in [1.82, 2.24) is 5.43 Å². The summed E-state index contributed by atoms with van der Waals surface area (Å²) in [7, 11) is 0. The summed E-state index contributed by atoms with van der Waals surface area (Å²) < 4.78 is 18.4. The van der Waals surface area contributed by atoms with E-state index in [1.54, 1.807) is 36.4 Å². The van der Waals surface area contributed by atoms with Gasteiger partial charge in [-0.2, -0.15) is 5.10 Å². The molecule has 2 heterocycles. The van der Waals surface area contributed by atoms with E-state index >= 15 is 0 Å². The third-order valence-electron chi connectivity index (χ3n) is 2.86. The molecule has 0 bridgehead atoms. The van der Waals surface area contributed by atoms with Crippen LogP contribution in [0.15, 0.2) is 63.4 Å². The Morgan fingerprint density at radius 1 is 1.18 bits per heavy atom. The lowest BCUT2D eigenvalue weighted by molar-refractivity contribution is 0.0959. The molecule has 0 fully saturated rings. The molecular weight excluding hydrogens is 303 g/mol. The van der Waals surface area contributed by atoms with Gasteiger partial charge in [-0.05, 0) is 47.8 Å². The number of nitrogens with zero attached hydrogens (tertiary/aromatic N) is 1. The van der Waals surface area contributed by atoms with Gasteiger partial charge in [-0.3, -0.25) is 4.79 Å². The van der Waals surface area contributed by atoms with E-state index in [1.165, 1.54) is 29.7 Å². The first-order valence-electron chi connectivity index (χ1n) is 6.45. The summed E-state index contributed by atoms with van der Waals surface area (Å²) in [6.45, 7) is 0. The highest BCUT2D eigenvalue weighted by Crippen LogP contribution is 2.21. The van der Waals surface area contributed by atoms with Crippen molar-refractivity contribution in [1.29, 1.82) is 0 Å². The lowest BCUT2D eigenvalue weighted by atomic mass is 10.2. The van der Waals surface area contributed by atoms with Crippen LogP contribution in [0.1, 0.15) is 15.4 Å². The van der Waals surface area contributed by atoms with Crippen LogP contribution in [0.25, 0.3) is 11.3 Å². The first kappa shape index (κ1) is 14.2. The second-order valence-corrected chi connectivity index (χ2v) is 5.33. The number of benzene rings is 1. The van der Waals surface area contributed by atoms with Gasteiger partial charge in [0.1, 0.15) is 17.3 Å². The maximum atomic E-state index is 12.9. The van der Waals surface area contributed by atoms with Crippen LogP contribution in [0.2, 0.25) is 0 Å². The van der Waals surface area contributed by atoms with E-state index in [2.05, 4.69) is 10.5 Å². The molecule has 1 amide bonds. The quantitative estimate of drug-likeness (QED) is 0.586. The minimum atomic E-state index is -0.298. The minimum absolute atomic E-state index is 0.267. The average molecular weight is 314 g/mol. The summed E-state index contributed by atoms with van der Waals surface area (Å²) in [6, 6.07) is 13.0. The number of hydrogen-bond acceptors (Lipinski definition) is 4. The molecule has 3 rings (SSSR count). The van der Waals surface area contributed by atoms with Crippen LogP contribution in [-0.4, -0.2) is 12.1 Å². The smallest absolute Gasteiger partial charge is 0.281 e. The Balaban J connectivity index is 1.65. The van der Waals surface area contributed by atoms with Crippen LogP contribution in [-0.2, 0) is 0 Å². The Hall–Kier alpha value is -2.73. The van der Waals surface area contributed by atoms with Crippen molar-refractivity contribution in [2.24, 2.45) is 5.10 Å². The molecule has 22 heavy (non-hydrogen) atoms. The van der Waals surface area contributed by atoms with Gasteiger partial charge in [0.05, 0.1) is 11.1 Å². The fraction of sp³-hybridized carbons (Fsp3) is 0. The molecule has 0 radical (unpaired) electrons. The molecule has 0 saturated heterocycles. The van der Waals surface area contributed by atoms with Gasteiger partial charge < -0.3 is 4.42 Å². The van der Waals surface area contributed by atoms with Crippen LogP contribution in [0.4, 0.5) is 4.39 Å². The summed E-state index contributed by atoms with van der Waals surface area (Å²) >= 11 is 1.34. The first-order valence-corrected chi connectivity index (χ1v) is 7.33. The minimum Gasteiger partial charge on any atom is -0.455 e. The standard InChI is InChI=1S/C16H11FN2O2S/c17-12-5-3-11(4-6-12)14-8-7-13(21-14)10-18-19-16(20)15-2-1-9-22-15/h1-10H,(H,19,20)/b18-10-. The summed E-state index contributed by atoms with van der Waals surface area (Å²) in [5.74, 6) is 0.529. The van der Waals surface area contributed by atoms with Crippen molar-refractivity contribution >= 4 is 23.5 Å². The van der Waals surface area contributed by atoms with Gasteiger partial charge in [0.15, 0.2) is 0 Å². The summed E-state index contributed by atoms with van der Waals surface area (Å²) in [5, 5.41) is 5.67. The second kappa shape index (κ2) is 6.36. The first-order chi connectivity index (χ1) is 10.7. The number of hydrogen-bond donors (Lipinski definition) is 1. The highest BCUT2D eigenvalue weighted by Gasteiger charge is 2.05. The molecule has 1 N–H and O–H groups in total. The van der Waals surface area contributed by atoms with E-state index < -0.39 is 0 Å². The Morgan fingerprint density at radius 2 is 2.00 bits per heavy atom. The number of hydrazone groups is 1. The Bertz CT molecular complexity index is 792. The average Bonchev–Trinajstić information content (AvgIpc) is 3.19. The molecule has 110 valence electrons. The normalized spacial score (nSPS) is 11.0. The molecule has 0 saturated carbocycles. The van der Waals surface area contributed by atoms with Gasteiger partial charge in [0, 0.05) is 5.56 Å². The molecule has 0 spiro atoms. The van der Waals surface area contributed by atoms with E-state index in [9.17, 15) is 9.18 Å². The predicted octanol–water partition coefficient (Wildman–Crippen LogP) is 3.91. The van der Waals surface area contributed by atoms with E-state index in [-0.39, 0.29) is 11.7 Å². The molecule has 6 heteroatoms. The number of amides is 1. The Labute approximate surface area is 129 Å². The van der Waals surface area contributed by atoms with E-state index in [4.69, 9.17) is 4.42 Å². The number of carbonyl (C=O) groups is 1. The third kappa shape index (κ3) is 3.29. The molecule has 0 aliphatic heterocycles. The zero-order valence-corrected chi connectivity index (χ0v) is 12.1. The van der Waals surface area contributed by atoms with Crippen molar-refractivity contribution in [2.45, 2.75) is 0 Å². The molecule has 1 aromatic carbocycles. The molecule has 0 aliphatic rings. The maximum absolute atomic E-state index is 12.9. The van der Waals surface area contributed by atoms with Crippen LogP contribution in [0.3, 0.4) is 0 Å².